The molecule has 3 rings (SSSR count). The molecule has 106 valence electrons. The minimum absolute atomic E-state index is 0.447. The highest BCUT2D eigenvalue weighted by Gasteiger charge is 2.39. The molecule has 1 aromatic heterocycles. The number of aliphatic hydroxyl groups excluding tert-OH is 1. The minimum Gasteiger partial charge on any atom is -0.386 e. The third-order valence-electron chi connectivity index (χ3n) is 4.03. The lowest BCUT2D eigenvalue weighted by atomic mass is 9.90. The molecule has 2 heterocycles. The summed E-state index contributed by atoms with van der Waals surface area (Å²) in [6.07, 6.45) is 0.787. The second-order valence-electron chi connectivity index (χ2n) is 5.41. The van der Waals surface area contributed by atoms with Crippen molar-refractivity contribution in [2.24, 2.45) is 0 Å². The average Bonchev–Trinajstić information content (AvgIpc) is 2.42. The van der Waals surface area contributed by atoms with E-state index in [1.54, 1.807) is 12.3 Å². The lowest BCUT2D eigenvalue weighted by molar-refractivity contribution is -0.0413. The van der Waals surface area contributed by atoms with Crippen molar-refractivity contribution in [1.82, 2.24) is 4.98 Å². The number of aliphatic hydroxyl groups is 3. The molecular formula is C15H18N2O3. The van der Waals surface area contributed by atoms with Crippen LogP contribution in [0.3, 0.4) is 0 Å². The van der Waals surface area contributed by atoms with E-state index in [4.69, 9.17) is 0 Å². The summed E-state index contributed by atoms with van der Waals surface area (Å²) in [5.41, 5.74) is 1.54. The van der Waals surface area contributed by atoms with Crippen LogP contribution in [-0.2, 0) is 0 Å². The van der Waals surface area contributed by atoms with Crippen molar-refractivity contribution in [2.75, 3.05) is 18.0 Å². The van der Waals surface area contributed by atoms with Crippen molar-refractivity contribution in [3.63, 3.8) is 0 Å². The van der Waals surface area contributed by atoms with Gasteiger partial charge in [-0.1, -0.05) is 6.92 Å². The number of hydrogen-bond acceptors (Lipinski definition) is 5. The van der Waals surface area contributed by atoms with Gasteiger partial charge in [0.2, 0.25) is 0 Å². The molecule has 0 spiro atoms. The Balaban J connectivity index is 1.97. The lowest BCUT2D eigenvalue weighted by Crippen LogP contribution is -2.61. The highest BCUT2D eigenvalue weighted by Crippen LogP contribution is 2.32. The summed E-state index contributed by atoms with van der Waals surface area (Å²) in [6, 6.07) is 7.31. The number of hydrogen-bond donors (Lipinski definition) is 3. The molecule has 0 atom stereocenters. The normalized spacial score (nSPS) is 17.6. The van der Waals surface area contributed by atoms with Crippen LogP contribution in [0.4, 0.5) is 5.69 Å². The zero-order valence-electron chi connectivity index (χ0n) is 11.3. The lowest BCUT2D eigenvalue weighted by Gasteiger charge is -2.47. The second kappa shape index (κ2) is 4.70. The Kier molecular flexibility index (Phi) is 3.12. The molecule has 1 aliphatic rings. The van der Waals surface area contributed by atoms with Crippen LogP contribution in [0.5, 0.6) is 0 Å². The SMILES string of the molecule is CCC1(O)CN(c2ccc3nccc(C(O)O)c3c2)C1. The van der Waals surface area contributed by atoms with Gasteiger partial charge in [0.1, 0.15) is 0 Å². The van der Waals surface area contributed by atoms with Crippen molar-refractivity contribution >= 4 is 16.6 Å². The van der Waals surface area contributed by atoms with Crippen LogP contribution in [0.25, 0.3) is 10.9 Å². The van der Waals surface area contributed by atoms with Crippen LogP contribution >= 0.6 is 0 Å². The van der Waals surface area contributed by atoms with Gasteiger partial charge >= 0.3 is 0 Å². The van der Waals surface area contributed by atoms with E-state index in [-0.39, 0.29) is 0 Å². The first kappa shape index (κ1) is 13.3. The van der Waals surface area contributed by atoms with Crippen LogP contribution in [0, 0.1) is 0 Å². The predicted octanol–water partition coefficient (Wildman–Crippen LogP) is 1.18. The molecule has 5 nitrogen and oxygen atoms in total. The first-order valence-corrected chi connectivity index (χ1v) is 6.74. The molecular weight excluding hydrogens is 256 g/mol. The average molecular weight is 274 g/mol. The van der Waals surface area contributed by atoms with Gasteiger partial charge < -0.3 is 20.2 Å². The monoisotopic (exact) mass is 274 g/mol. The minimum atomic E-state index is -1.51. The van der Waals surface area contributed by atoms with Crippen molar-refractivity contribution in [2.45, 2.75) is 25.2 Å². The molecule has 0 saturated carbocycles. The fourth-order valence-electron chi connectivity index (χ4n) is 2.65. The molecule has 0 bridgehead atoms. The molecule has 5 heteroatoms. The Hall–Kier alpha value is -1.69. The summed E-state index contributed by atoms with van der Waals surface area (Å²) in [5.74, 6) is 0. The fraction of sp³-hybridized carbons (Fsp3) is 0.400. The van der Waals surface area contributed by atoms with Gasteiger partial charge in [-0.25, -0.2) is 0 Å². The van der Waals surface area contributed by atoms with Crippen LogP contribution in [0.1, 0.15) is 25.2 Å². The number of β-amino-alcohol motifs (C(OH)–C–C–N with tert-alkyl or cyclic N) is 1. The highest BCUT2D eigenvalue weighted by molar-refractivity contribution is 5.86. The number of benzene rings is 1. The van der Waals surface area contributed by atoms with E-state index in [9.17, 15) is 15.3 Å². The van der Waals surface area contributed by atoms with Gasteiger partial charge in [0.05, 0.1) is 11.1 Å². The third-order valence-corrected chi connectivity index (χ3v) is 4.03. The number of aromatic nitrogens is 1. The summed E-state index contributed by atoms with van der Waals surface area (Å²) >= 11 is 0. The largest absolute Gasteiger partial charge is 0.386 e. The van der Waals surface area contributed by atoms with Crippen LogP contribution < -0.4 is 4.90 Å². The van der Waals surface area contributed by atoms with E-state index < -0.39 is 11.9 Å². The fourth-order valence-corrected chi connectivity index (χ4v) is 2.65. The number of pyridine rings is 1. The second-order valence-corrected chi connectivity index (χ2v) is 5.41. The number of anilines is 1. The third kappa shape index (κ3) is 2.14. The molecule has 3 N–H and O–H groups in total. The van der Waals surface area contributed by atoms with E-state index in [0.717, 1.165) is 23.0 Å². The maximum absolute atomic E-state index is 10.1. The standard InChI is InChI=1S/C15H18N2O3/c1-2-15(20)8-17(9-15)10-3-4-13-12(7-10)11(14(18)19)5-6-16-13/h3-7,14,18-20H,2,8-9H2,1H3. The predicted molar refractivity (Wildman–Crippen MR) is 76.4 cm³/mol. The smallest absolute Gasteiger partial charge is 0.179 e. The zero-order valence-corrected chi connectivity index (χ0v) is 11.3. The van der Waals surface area contributed by atoms with E-state index in [1.165, 1.54) is 0 Å². The summed E-state index contributed by atoms with van der Waals surface area (Å²) in [4.78, 5) is 6.30. The first-order valence-electron chi connectivity index (χ1n) is 6.74. The molecule has 1 aromatic carbocycles. The summed E-state index contributed by atoms with van der Waals surface area (Å²) < 4.78 is 0. The van der Waals surface area contributed by atoms with Gasteiger partial charge in [0.25, 0.3) is 0 Å². The quantitative estimate of drug-likeness (QED) is 0.733. The van der Waals surface area contributed by atoms with Crippen LogP contribution in [0.2, 0.25) is 0 Å². The van der Waals surface area contributed by atoms with Crippen molar-refractivity contribution in [3.8, 4) is 0 Å². The van der Waals surface area contributed by atoms with E-state index in [2.05, 4.69) is 9.88 Å². The maximum Gasteiger partial charge on any atom is 0.179 e. The number of fused-ring (bicyclic) bond motifs is 1. The highest BCUT2D eigenvalue weighted by atomic mass is 16.5. The summed E-state index contributed by atoms with van der Waals surface area (Å²) in [5, 5.41) is 29.6. The first-order chi connectivity index (χ1) is 9.52. The Morgan fingerprint density at radius 1 is 1.30 bits per heavy atom. The van der Waals surface area contributed by atoms with Gasteiger partial charge in [-0.15, -0.1) is 0 Å². The molecule has 1 aliphatic heterocycles. The van der Waals surface area contributed by atoms with Crippen molar-refractivity contribution in [3.05, 3.63) is 36.0 Å². The van der Waals surface area contributed by atoms with Crippen molar-refractivity contribution < 1.29 is 15.3 Å². The number of nitrogens with zero attached hydrogens (tertiary/aromatic N) is 2. The summed E-state index contributed by atoms with van der Waals surface area (Å²) in [6.45, 7) is 3.18. The Morgan fingerprint density at radius 2 is 2.05 bits per heavy atom. The van der Waals surface area contributed by atoms with Gasteiger partial charge in [-0.2, -0.15) is 0 Å². The molecule has 1 saturated heterocycles. The topological polar surface area (TPSA) is 76.8 Å². The Bertz CT molecular complexity index is 636. The van der Waals surface area contributed by atoms with Crippen LogP contribution in [-0.4, -0.2) is 39.0 Å². The zero-order chi connectivity index (χ0) is 14.3. The number of rotatable bonds is 3. The Morgan fingerprint density at radius 3 is 2.70 bits per heavy atom. The molecule has 0 amide bonds. The van der Waals surface area contributed by atoms with E-state index in [0.29, 0.717) is 18.7 Å². The summed E-state index contributed by atoms with van der Waals surface area (Å²) in [7, 11) is 0. The molecule has 2 aromatic rings. The molecule has 20 heavy (non-hydrogen) atoms. The van der Waals surface area contributed by atoms with E-state index in [1.807, 2.05) is 25.1 Å². The van der Waals surface area contributed by atoms with Crippen molar-refractivity contribution in [1.29, 1.82) is 0 Å². The van der Waals surface area contributed by atoms with Gasteiger partial charge in [0, 0.05) is 35.9 Å². The van der Waals surface area contributed by atoms with Gasteiger partial charge in [0.15, 0.2) is 6.29 Å². The van der Waals surface area contributed by atoms with Gasteiger partial charge in [-0.05, 0) is 30.7 Å². The van der Waals surface area contributed by atoms with E-state index >= 15 is 0 Å². The molecule has 0 unspecified atom stereocenters. The van der Waals surface area contributed by atoms with Gasteiger partial charge in [-0.3, -0.25) is 4.98 Å². The van der Waals surface area contributed by atoms with Crippen LogP contribution in [0.15, 0.2) is 30.5 Å². The molecule has 0 radical (unpaired) electrons. The maximum atomic E-state index is 10.1. The Labute approximate surface area is 117 Å². The molecule has 1 fully saturated rings. The molecule has 0 aliphatic carbocycles.